The van der Waals surface area contributed by atoms with Crippen molar-refractivity contribution in [3.8, 4) is 0 Å². The highest BCUT2D eigenvalue weighted by molar-refractivity contribution is 7.90. The Kier molecular flexibility index (Phi) is 8.25. The number of hydrogen-bond donors (Lipinski definition) is 3. The molecule has 0 unspecified atom stereocenters. The van der Waals surface area contributed by atoms with E-state index in [1.165, 1.54) is 36.4 Å². The van der Waals surface area contributed by atoms with Crippen molar-refractivity contribution in [2.75, 3.05) is 31.2 Å². The predicted octanol–water partition coefficient (Wildman–Crippen LogP) is 3.01. The van der Waals surface area contributed by atoms with Crippen molar-refractivity contribution >= 4 is 33.0 Å². The van der Waals surface area contributed by atoms with Crippen molar-refractivity contribution in [3.63, 3.8) is 0 Å². The minimum absolute atomic E-state index is 0.0247. The zero-order valence-corrected chi connectivity index (χ0v) is 18.5. The van der Waals surface area contributed by atoms with Gasteiger partial charge >= 0.3 is 0 Å². The van der Waals surface area contributed by atoms with Gasteiger partial charge in [-0.15, -0.1) is 0 Å². The molecule has 3 aromatic carbocycles. The van der Waals surface area contributed by atoms with E-state index in [1.54, 1.807) is 30.3 Å². The molecule has 3 N–H and O–H groups in total. The first-order chi connectivity index (χ1) is 15.9. The summed E-state index contributed by atoms with van der Waals surface area (Å²) in [5.41, 5.74) is 2.10. The van der Waals surface area contributed by atoms with E-state index in [4.69, 9.17) is 10.2 Å². The molecule has 0 spiro atoms. The molecule has 33 heavy (non-hydrogen) atoms. The number of carbonyl (C=O) groups excluding carboxylic acids is 1. The topological polar surface area (TPSA) is 132 Å². The normalized spacial score (nSPS) is 11.5. The summed E-state index contributed by atoms with van der Waals surface area (Å²) in [4.78, 5) is 13.9. The zero-order valence-electron chi connectivity index (χ0n) is 17.7. The molecule has 0 aliphatic heterocycles. The minimum Gasteiger partial charge on any atom is -0.395 e. The van der Waals surface area contributed by atoms with Crippen LogP contribution in [0.25, 0.3) is 0 Å². The third-order valence-corrected chi connectivity index (χ3v) is 5.99. The van der Waals surface area contributed by atoms with E-state index in [9.17, 15) is 13.2 Å². The van der Waals surface area contributed by atoms with Crippen LogP contribution in [-0.4, -0.2) is 50.8 Å². The van der Waals surface area contributed by atoms with Crippen molar-refractivity contribution in [1.82, 2.24) is 4.72 Å². The van der Waals surface area contributed by atoms with E-state index in [1.807, 2.05) is 21.8 Å². The lowest BCUT2D eigenvalue weighted by molar-refractivity contribution is 0.0981. The Morgan fingerprint density at radius 3 is 1.82 bits per heavy atom. The predicted molar refractivity (Wildman–Crippen MR) is 125 cm³/mol. The van der Waals surface area contributed by atoms with Crippen LogP contribution < -0.4 is 9.62 Å². The van der Waals surface area contributed by atoms with Crippen LogP contribution in [0.2, 0.25) is 0 Å². The first-order valence-electron chi connectivity index (χ1n) is 10.1. The lowest BCUT2D eigenvalue weighted by Crippen LogP contribution is -2.30. The van der Waals surface area contributed by atoms with Gasteiger partial charge in [-0.05, 0) is 60.7 Å². The number of anilines is 1. The van der Waals surface area contributed by atoms with Gasteiger partial charge in [0.1, 0.15) is 0 Å². The largest absolute Gasteiger partial charge is 0.395 e. The van der Waals surface area contributed by atoms with Crippen molar-refractivity contribution in [2.45, 2.75) is 4.90 Å². The molecule has 0 radical (unpaired) electrons. The van der Waals surface area contributed by atoms with E-state index < -0.39 is 15.9 Å². The third-order valence-electron chi connectivity index (χ3n) is 4.65. The second kappa shape index (κ2) is 11.3. The molecule has 0 fully saturated rings. The maximum atomic E-state index is 12.5. The summed E-state index contributed by atoms with van der Waals surface area (Å²) in [5, 5.41) is 26.5. The van der Waals surface area contributed by atoms with Gasteiger partial charge in [0.05, 0.1) is 29.5 Å². The average molecular weight is 469 g/mol. The van der Waals surface area contributed by atoms with Crippen molar-refractivity contribution < 1.29 is 23.4 Å². The number of amides is 1. The molecule has 0 bridgehead atoms. The minimum atomic E-state index is -4.03. The fourth-order valence-corrected chi connectivity index (χ4v) is 3.95. The van der Waals surface area contributed by atoms with Gasteiger partial charge in [-0.2, -0.15) is 10.2 Å². The van der Waals surface area contributed by atoms with Gasteiger partial charge < -0.3 is 15.1 Å². The number of azo groups is 1. The van der Waals surface area contributed by atoms with E-state index in [-0.39, 0.29) is 23.7 Å². The molecule has 0 aromatic heterocycles. The van der Waals surface area contributed by atoms with E-state index in [2.05, 4.69) is 10.2 Å². The lowest BCUT2D eigenvalue weighted by atomic mass is 10.2. The quantitative estimate of drug-likeness (QED) is 0.392. The van der Waals surface area contributed by atoms with E-state index in [0.717, 1.165) is 5.69 Å². The van der Waals surface area contributed by atoms with Gasteiger partial charge in [-0.1, -0.05) is 18.2 Å². The Labute approximate surface area is 192 Å². The maximum absolute atomic E-state index is 12.5. The van der Waals surface area contributed by atoms with Gasteiger partial charge in [0, 0.05) is 24.3 Å². The number of hydrogen-bond acceptors (Lipinski definition) is 8. The average Bonchev–Trinajstić information content (AvgIpc) is 2.83. The fraction of sp³-hybridized carbons (Fsp3) is 0.174. The van der Waals surface area contributed by atoms with Gasteiger partial charge in [0.2, 0.25) is 0 Å². The van der Waals surface area contributed by atoms with Crippen molar-refractivity contribution in [2.24, 2.45) is 10.2 Å². The van der Waals surface area contributed by atoms with E-state index >= 15 is 0 Å². The van der Waals surface area contributed by atoms with Crippen molar-refractivity contribution in [1.29, 1.82) is 0 Å². The summed E-state index contributed by atoms with van der Waals surface area (Å²) < 4.78 is 27.0. The van der Waals surface area contributed by atoms with Gasteiger partial charge in [-0.25, -0.2) is 13.1 Å². The molecule has 0 saturated heterocycles. The number of sulfonamides is 1. The van der Waals surface area contributed by atoms with Gasteiger partial charge in [0.25, 0.3) is 15.9 Å². The first-order valence-corrected chi connectivity index (χ1v) is 11.6. The molecule has 0 aliphatic rings. The fourth-order valence-electron chi connectivity index (χ4n) is 2.98. The number of aliphatic hydroxyl groups excluding tert-OH is 2. The molecule has 0 saturated carbocycles. The third kappa shape index (κ3) is 6.69. The maximum Gasteiger partial charge on any atom is 0.264 e. The summed E-state index contributed by atoms with van der Waals surface area (Å²) >= 11 is 0. The summed E-state index contributed by atoms with van der Waals surface area (Å²) in [6, 6.07) is 20.9. The number of rotatable bonds is 10. The Balaban J connectivity index is 1.65. The molecular weight excluding hydrogens is 444 g/mol. The van der Waals surface area contributed by atoms with Crippen LogP contribution in [0.15, 0.2) is 94.0 Å². The standard InChI is InChI=1S/C23H24N4O5S/c28-16-14-27(15-17-29)21-10-6-19(7-11-21)24-25-20-8-12-22(13-9-20)33(31,32)26-23(30)18-4-2-1-3-5-18/h1-13,28-29H,14-17H2,(H,26,30). The van der Waals surface area contributed by atoms with Crippen molar-refractivity contribution in [3.05, 3.63) is 84.4 Å². The van der Waals surface area contributed by atoms with Gasteiger partial charge in [-0.3, -0.25) is 4.79 Å². The summed E-state index contributed by atoms with van der Waals surface area (Å²) in [6.07, 6.45) is 0. The summed E-state index contributed by atoms with van der Waals surface area (Å²) in [7, 11) is -4.03. The number of nitrogens with one attached hydrogen (secondary N) is 1. The molecule has 0 aliphatic carbocycles. The summed E-state index contributed by atoms with van der Waals surface area (Å²) in [5.74, 6) is -0.709. The Hall–Kier alpha value is -3.60. The van der Waals surface area contributed by atoms with Crippen LogP contribution in [0.3, 0.4) is 0 Å². The molecular formula is C23H24N4O5S. The van der Waals surface area contributed by atoms with Crippen LogP contribution in [0.5, 0.6) is 0 Å². The highest BCUT2D eigenvalue weighted by Gasteiger charge is 2.18. The second-order valence-electron chi connectivity index (χ2n) is 6.95. The monoisotopic (exact) mass is 468 g/mol. The lowest BCUT2D eigenvalue weighted by Gasteiger charge is -2.22. The number of aliphatic hydroxyl groups is 2. The zero-order chi connectivity index (χ0) is 23.7. The molecule has 3 aromatic rings. The van der Waals surface area contributed by atoms with Crippen LogP contribution in [0.4, 0.5) is 17.1 Å². The Morgan fingerprint density at radius 1 is 0.788 bits per heavy atom. The number of benzene rings is 3. The van der Waals surface area contributed by atoms with Gasteiger partial charge in [0.15, 0.2) is 0 Å². The molecule has 3 rings (SSSR count). The highest BCUT2D eigenvalue weighted by Crippen LogP contribution is 2.23. The molecule has 0 heterocycles. The van der Waals surface area contributed by atoms with Crippen LogP contribution in [0, 0.1) is 0 Å². The molecule has 0 atom stereocenters. The Morgan fingerprint density at radius 2 is 1.30 bits per heavy atom. The highest BCUT2D eigenvalue weighted by atomic mass is 32.2. The van der Waals surface area contributed by atoms with E-state index in [0.29, 0.717) is 24.5 Å². The molecule has 172 valence electrons. The number of nitrogens with zero attached hydrogens (tertiary/aromatic N) is 3. The first kappa shape index (κ1) is 24.1. The number of carbonyl (C=O) groups is 1. The molecule has 10 heteroatoms. The summed E-state index contributed by atoms with van der Waals surface area (Å²) in [6.45, 7) is 0.761. The Bertz CT molecular complexity index is 1180. The molecule has 9 nitrogen and oxygen atoms in total. The second-order valence-corrected chi connectivity index (χ2v) is 8.63. The SMILES string of the molecule is O=C(NS(=O)(=O)c1ccc(N=Nc2ccc(N(CCO)CCO)cc2)cc1)c1ccccc1. The van der Waals surface area contributed by atoms with Crippen LogP contribution in [0.1, 0.15) is 10.4 Å². The smallest absolute Gasteiger partial charge is 0.264 e. The molecule has 1 amide bonds. The van der Waals surface area contributed by atoms with Crippen LogP contribution in [-0.2, 0) is 10.0 Å². The van der Waals surface area contributed by atoms with Crippen LogP contribution >= 0.6 is 0 Å².